The average molecular weight is 551 g/mol. The molecule has 0 amide bonds. The number of nitrogens with one attached hydrogen (secondary N) is 1. The predicted octanol–water partition coefficient (Wildman–Crippen LogP) is 7.06. The van der Waals surface area contributed by atoms with E-state index in [9.17, 15) is 13.2 Å². The van der Waals surface area contributed by atoms with Crippen LogP contribution in [0.5, 0.6) is 17.2 Å². The summed E-state index contributed by atoms with van der Waals surface area (Å²) in [5, 5.41) is 4.33. The van der Waals surface area contributed by atoms with E-state index in [4.69, 9.17) is 38.0 Å². The van der Waals surface area contributed by atoms with E-state index < -0.39 is 17.8 Å². The Morgan fingerprint density at radius 2 is 1.78 bits per heavy atom. The van der Waals surface area contributed by atoms with Crippen molar-refractivity contribution >= 4 is 34.6 Å². The summed E-state index contributed by atoms with van der Waals surface area (Å²) in [4.78, 5) is 1.97. The van der Waals surface area contributed by atoms with Crippen molar-refractivity contribution < 1.29 is 27.4 Å². The standard InChI is InChI=1S/C27H26ClF3N2O3S/c1-16-21(28)8-5-9-22(16)32-26(37)33-11-10-17-12-24(34-2)25(35-3)14-20(17)23(33)15-36-19-7-4-6-18(13-19)27(29,30)31/h4-9,12-14,23H,10-11,15H2,1-3H3,(H,32,37). The van der Waals surface area contributed by atoms with E-state index in [0.29, 0.717) is 34.6 Å². The zero-order valence-electron chi connectivity index (χ0n) is 20.5. The van der Waals surface area contributed by atoms with Crippen LogP contribution >= 0.6 is 23.8 Å². The van der Waals surface area contributed by atoms with Crippen LogP contribution in [0.2, 0.25) is 5.02 Å². The number of methoxy groups -OCH3 is 2. The quantitative estimate of drug-likeness (QED) is 0.331. The number of fused-ring (bicyclic) bond motifs is 1. The molecular formula is C27H26ClF3N2O3S. The van der Waals surface area contributed by atoms with Crippen molar-refractivity contribution in [2.45, 2.75) is 25.6 Å². The number of halogens is 4. The molecule has 0 aromatic heterocycles. The highest BCUT2D eigenvalue weighted by Gasteiger charge is 2.33. The highest BCUT2D eigenvalue weighted by Crippen LogP contribution is 2.39. The van der Waals surface area contributed by atoms with Crippen LogP contribution in [0.25, 0.3) is 0 Å². The van der Waals surface area contributed by atoms with Gasteiger partial charge in [0.2, 0.25) is 0 Å². The van der Waals surface area contributed by atoms with Crippen LogP contribution in [0.4, 0.5) is 18.9 Å². The first-order valence-electron chi connectivity index (χ1n) is 11.5. The lowest BCUT2D eigenvalue weighted by atomic mass is 9.92. The smallest absolute Gasteiger partial charge is 0.416 e. The topological polar surface area (TPSA) is 43.0 Å². The molecule has 1 atom stereocenters. The van der Waals surface area contributed by atoms with Gasteiger partial charge in [-0.15, -0.1) is 0 Å². The molecule has 1 unspecified atom stereocenters. The third-order valence-electron chi connectivity index (χ3n) is 6.34. The number of anilines is 1. The Morgan fingerprint density at radius 1 is 1.08 bits per heavy atom. The van der Waals surface area contributed by atoms with Crippen molar-refractivity contribution in [3.8, 4) is 17.2 Å². The van der Waals surface area contributed by atoms with Crippen molar-refractivity contribution in [3.63, 3.8) is 0 Å². The lowest BCUT2D eigenvalue weighted by Gasteiger charge is -2.39. The predicted molar refractivity (Wildman–Crippen MR) is 142 cm³/mol. The number of hydrogen-bond donors (Lipinski definition) is 1. The van der Waals surface area contributed by atoms with Crippen LogP contribution in [0.1, 0.15) is 28.3 Å². The summed E-state index contributed by atoms with van der Waals surface area (Å²) in [6.45, 7) is 2.51. The minimum atomic E-state index is -4.47. The van der Waals surface area contributed by atoms with Crippen molar-refractivity contribution in [1.29, 1.82) is 0 Å². The fourth-order valence-electron chi connectivity index (χ4n) is 4.32. The number of benzene rings is 3. The Hall–Kier alpha value is -3.17. The first-order chi connectivity index (χ1) is 17.6. The molecule has 4 rings (SSSR count). The van der Waals surface area contributed by atoms with E-state index in [1.807, 2.05) is 36.1 Å². The van der Waals surface area contributed by atoms with Crippen LogP contribution < -0.4 is 19.5 Å². The van der Waals surface area contributed by atoms with Crippen LogP contribution in [0.15, 0.2) is 54.6 Å². The Labute approximate surface area is 224 Å². The zero-order valence-corrected chi connectivity index (χ0v) is 22.1. The Bertz CT molecular complexity index is 1300. The molecule has 1 N–H and O–H groups in total. The van der Waals surface area contributed by atoms with Crippen LogP contribution in [0.3, 0.4) is 0 Å². The van der Waals surface area contributed by atoms with E-state index in [0.717, 1.165) is 34.5 Å². The summed E-state index contributed by atoms with van der Waals surface area (Å²) >= 11 is 12.1. The molecule has 0 aliphatic carbocycles. The van der Waals surface area contributed by atoms with Crippen LogP contribution in [0, 0.1) is 6.92 Å². The summed E-state index contributed by atoms with van der Waals surface area (Å²) in [7, 11) is 3.12. The van der Waals surface area contributed by atoms with Gasteiger partial charge in [-0.25, -0.2) is 0 Å². The summed E-state index contributed by atoms with van der Waals surface area (Å²) in [5.41, 5.74) is 2.77. The van der Waals surface area contributed by atoms with Crippen molar-refractivity contribution in [3.05, 3.63) is 81.9 Å². The van der Waals surface area contributed by atoms with Gasteiger partial charge in [-0.1, -0.05) is 23.7 Å². The summed E-state index contributed by atoms with van der Waals surface area (Å²) in [6.07, 6.45) is -3.79. The molecule has 5 nitrogen and oxygen atoms in total. The maximum atomic E-state index is 13.2. The molecule has 196 valence electrons. The second-order valence-electron chi connectivity index (χ2n) is 8.54. The molecule has 1 heterocycles. The van der Waals surface area contributed by atoms with Crippen LogP contribution in [-0.4, -0.2) is 37.4 Å². The number of ether oxygens (including phenoxy) is 3. The van der Waals surface area contributed by atoms with E-state index in [-0.39, 0.29) is 12.4 Å². The normalized spacial score (nSPS) is 15.1. The Kier molecular flexibility index (Phi) is 8.04. The zero-order chi connectivity index (χ0) is 26.7. The van der Waals surface area contributed by atoms with Gasteiger partial charge >= 0.3 is 6.18 Å². The molecule has 3 aromatic rings. The van der Waals surface area contributed by atoms with E-state index in [1.54, 1.807) is 20.3 Å². The van der Waals surface area contributed by atoms with Gasteiger partial charge in [0, 0.05) is 17.3 Å². The maximum absolute atomic E-state index is 13.2. The van der Waals surface area contributed by atoms with Crippen molar-refractivity contribution in [2.75, 3.05) is 32.7 Å². The highest BCUT2D eigenvalue weighted by atomic mass is 35.5. The fourth-order valence-corrected chi connectivity index (χ4v) is 4.82. The molecule has 0 radical (unpaired) electrons. The second-order valence-corrected chi connectivity index (χ2v) is 9.34. The molecule has 0 spiro atoms. The second kappa shape index (κ2) is 11.1. The lowest BCUT2D eigenvalue weighted by Crippen LogP contribution is -2.44. The molecule has 0 fully saturated rings. The molecule has 0 bridgehead atoms. The first-order valence-corrected chi connectivity index (χ1v) is 12.3. The highest BCUT2D eigenvalue weighted by molar-refractivity contribution is 7.80. The van der Waals surface area contributed by atoms with Crippen LogP contribution in [-0.2, 0) is 12.6 Å². The Morgan fingerprint density at radius 3 is 2.49 bits per heavy atom. The van der Waals surface area contributed by atoms with E-state index >= 15 is 0 Å². The molecule has 0 saturated carbocycles. The minimum Gasteiger partial charge on any atom is -0.493 e. The number of alkyl halides is 3. The number of hydrogen-bond acceptors (Lipinski definition) is 4. The largest absolute Gasteiger partial charge is 0.493 e. The van der Waals surface area contributed by atoms with Gasteiger partial charge in [0.15, 0.2) is 16.6 Å². The average Bonchev–Trinajstić information content (AvgIpc) is 2.88. The third-order valence-corrected chi connectivity index (χ3v) is 7.09. The van der Waals surface area contributed by atoms with Gasteiger partial charge in [0.1, 0.15) is 12.4 Å². The molecule has 37 heavy (non-hydrogen) atoms. The van der Waals surface area contributed by atoms with Gasteiger partial charge in [0.05, 0.1) is 25.8 Å². The summed E-state index contributed by atoms with van der Waals surface area (Å²) in [5.74, 6) is 1.26. The van der Waals surface area contributed by atoms with Gasteiger partial charge in [-0.2, -0.15) is 13.2 Å². The molecular weight excluding hydrogens is 525 g/mol. The van der Waals surface area contributed by atoms with Gasteiger partial charge in [0.25, 0.3) is 0 Å². The van der Waals surface area contributed by atoms with Crippen molar-refractivity contribution in [2.24, 2.45) is 0 Å². The van der Waals surface area contributed by atoms with Crippen molar-refractivity contribution in [1.82, 2.24) is 4.90 Å². The maximum Gasteiger partial charge on any atom is 0.416 e. The lowest BCUT2D eigenvalue weighted by molar-refractivity contribution is -0.137. The minimum absolute atomic E-state index is 0.0557. The summed E-state index contributed by atoms with van der Waals surface area (Å²) < 4.78 is 56.6. The van der Waals surface area contributed by atoms with Gasteiger partial charge < -0.3 is 24.4 Å². The number of thiocarbonyl (C=S) groups is 1. The monoisotopic (exact) mass is 550 g/mol. The fraction of sp³-hybridized carbons (Fsp3) is 0.296. The molecule has 10 heteroatoms. The Balaban J connectivity index is 1.67. The van der Waals surface area contributed by atoms with Gasteiger partial charge in [-0.05, 0) is 84.7 Å². The SMILES string of the molecule is COc1cc2c(cc1OC)C(COc1cccc(C(F)(F)F)c1)N(C(=S)Nc1cccc(Cl)c1C)CC2. The number of rotatable bonds is 6. The summed E-state index contributed by atoms with van der Waals surface area (Å²) in [6, 6.07) is 13.7. The molecule has 1 aliphatic rings. The first kappa shape index (κ1) is 26.9. The third kappa shape index (κ3) is 5.88. The van der Waals surface area contributed by atoms with E-state index in [2.05, 4.69) is 5.32 Å². The number of nitrogens with zero attached hydrogens (tertiary/aromatic N) is 1. The van der Waals surface area contributed by atoms with E-state index in [1.165, 1.54) is 12.1 Å². The molecule has 0 saturated heterocycles. The molecule has 3 aromatic carbocycles. The van der Waals surface area contributed by atoms with Gasteiger partial charge in [-0.3, -0.25) is 0 Å². The molecule has 1 aliphatic heterocycles.